The highest BCUT2D eigenvalue weighted by Crippen LogP contribution is 2.30. The number of rotatable bonds is 16. The Morgan fingerprint density at radius 3 is 2.03 bits per heavy atom. The summed E-state index contributed by atoms with van der Waals surface area (Å²) in [5.74, 6) is 1.18. The van der Waals surface area contributed by atoms with Crippen molar-refractivity contribution in [1.29, 1.82) is 0 Å². The fourth-order valence-corrected chi connectivity index (χ4v) is 4.84. The van der Waals surface area contributed by atoms with E-state index in [9.17, 15) is 4.79 Å². The molecule has 1 aromatic carbocycles. The molecular formula is C34H52N2O3. The number of hydrogen-bond donors (Lipinski definition) is 1. The molecule has 0 aromatic heterocycles. The number of allylic oxidation sites excluding steroid dienone is 6. The standard InChI is InChI=1S/C34H52N2O3/c1-8-36-21-11-16-30(36)33(35)34(37)29-17-18-31(38-22-19-27(6)14-9-12-25(2)3)32(24-29)39-23-20-28(7)15-10-13-26(4)5/h12-13,17-20,24,30,33H,8-11,14-16,21-23,35H2,1-7H3/b27-19+,28-20+. The van der Waals surface area contributed by atoms with Crippen LogP contribution in [0.15, 0.2) is 64.8 Å². The van der Waals surface area contributed by atoms with E-state index in [0.717, 1.165) is 51.6 Å². The molecule has 2 atom stereocenters. The molecule has 0 amide bonds. The maximum atomic E-state index is 13.4. The van der Waals surface area contributed by atoms with Gasteiger partial charge >= 0.3 is 0 Å². The molecule has 0 saturated carbocycles. The molecule has 1 aliphatic rings. The molecule has 1 aliphatic heterocycles. The van der Waals surface area contributed by atoms with Gasteiger partial charge in [0, 0.05) is 11.6 Å². The Hall–Kier alpha value is -2.63. The van der Waals surface area contributed by atoms with E-state index in [-0.39, 0.29) is 11.8 Å². The first-order valence-corrected chi connectivity index (χ1v) is 14.6. The molecule has 216 valence electrons. The largest absolute Gasteiger partial charge is 0.486 e. The van der Waals surface area contributed by atoms with E-state index in [4.69, 9.17) is 15.2 Å². The molecule has 0 radical (unpaired) electrons. The second-order valence-corrected chi connectivity index (χ2v) is 11.3. The number of nitrogens with two attached hydrogens (primary N) is 1. The van der Waals surface area contributed by atoms with Crippen molar-refractivity contribution in [2.24, 2.45) is 5.73 Å². The third-order valence-corrected chi connectivity index (χ3v) is 7.29. The lowest BCUT2D eigenvalue weighted by molar-refractivity contribution is 0.0907. The summed E-state index contributed by atoms with van der Waals surface area (Å²) in [6.45, 7) is 17.7. The fourth-order valence-electron chi connectivity index (χ4n) is 4.84. The summed E-state index contributed by atoms with van der Waals surface area (Å²) >= 11 is 0. The van der Waals surface area contributed by atoms with E-state index in [2.05, 4.69) is 77.7 Å². The highest BCUT2D eigenvalue weighted by molar-refractivity contribution is 6.01. The van der Waals surface area contributed by atoms with Crippen LogP contribution in [0.2, 0.25) is 0 Å². The summed E-state index contributed by atoms with van der Waals surface area (Å²) in [4.78, 5) is 15.7. The average Bonchev–Trinajstić information content (AvgIpc) is 3.37. The summed E-state index contributed by atoms with van der Waals surface area (Å²) in [5.41, 5.74) is 12.3. The number of ketones is 1. The molecule has 39 heavy (non-hydrogen) atoms. The highest BCUT2D eigenvalue weighted by atomic mass is 16.5. The van der Waals surface area contributed by atoms with Crippen LogP contribution in [0.1, 0.15) is 97.3 Å². The topological polar surface area (TPSA) is 64.8 Å². The van der Waals surface area contributed by atoms with Crippen LogP contribution >= 0.6 is 0 Å². The van der Waals surface area contributed by atoms with Gasteiger partial charge in [0.1, 0.15) is 13.2 Å². The normalized spacial score (nSPS) is 17.1. The van der Waals surface area contributed by atoms with Crippen LogP contribution in [-0.4, -0.2) is 49.1 Å². The molecule has 0 aliphatic carbocycles. The van der Waals surface area contributed by atoms with Crippen molar-refractivity contribution in [2.45, 2.75) is 99.1 Å². The predicted molar refractivity (Wildman–Crippen MR) is 165 cm³/mol. The number of likely N-dealkylation sites (tertiary alicyclic amines) is 1. The van der Waals surface area contributed by atoms with Gasteiger partial charge in [0.05, 0.1) is 6.04 Å². The smallest absolute Gasteiger partial charge is 0.181 e. The first kappa shape index (κ1) is 32.6. The van der Waals surface area contributed by atoms with E-state index < -0.39 is 6.04 Å². The zero-order valence-corrected chi connectivity index (χ0v) is 25.5. The molecule has 5 nitrogen and oxygen atoms in total. The number of ether oxygens (including phenoxy) is 2. The Bertz CT molecular complexity index is 1040. The van der Waals surface area contributed by atoms with Gasteiger partial charge in [-0.1, -0.05) is 41.4 Å². The van der Waals surface area contributed by atoms with Crippen molar-refractivity contribution in [3.63, 3.8) is 0 Å². The Labute approximate surface area is 237 Å². The summed E-state index contributed by atoms with van der Waals surface area (Å²) in [5, 5.41) is 0. The lowest BCUT2D eigenvalue weighted by atomic mass is 9.96. The van der Waals surface area contributed by atoms with Gasteiger partial charge in [0.15, 0.2) is 17.3 Å². The van der Waals surface area contributed by atoms with Gasteiger partial charge in [-0.3, -0.25) is 9.69 Å². The Morgan fingerprint density at radius 1 is 0.923 bits per heavy atom. The molecule has 1 fully saturated rings. The molecule has 5 heteroatoms. The van der Waals surface area contributed by atoms with Gasteiger partial charge < -0.3 is 15.2 Å². The molecular weight excluding hydrogens is 484 g/mol. The molecule has 2 rings (SSSR count). The maximum Gasteiger partial charge on any atom is 0.181 e. The maximum absolute atomic E-state index is 13.4. The predicted octanol–water partition coefficient (Wildman–Crippen LogP) is 7.82. The monoisotopic (exact) mass is 536 g/mol. The fraction of sp³-hybridized carbons (Fsp3) is 0.559. The van der Waals surface area contributed by atoms with E-state index in [1.165, 1.54) is 22.3 Å². The van der Waals surface area contributed by atoms with E-state index >= 15 is 0 Å². The zero-order chi connectivity index (χ0) is 28.8. The van der Waals surface area contributed by atoms with Crippen LogP contribution in [-0.2, 0) is 0 Å². The summed E-state index contributed by atoms with van der Waals surface area (Å²) in [7, 11) is 0. The molecule has 1 aromatic rings. The van der Waals surface area contributed by atoms with Gasteiger partial charge in [-0.2, -0.15) is 0 Å². The first-order chi connectivity index (χ1) is 18.6. The lowest BCUT2D eigenvalue weighted by Crippen LogP contribution is -2.48. The minimum atomic E-state index is -0.546. The van der Waals surface area contributed by atoms with Crippen molar-refractivity contribution >= 4 is 5.78 Å². The molecule has 0 bridgehead atoms. The average molecular weight is 537 g/mol. The van der Waals surface area contributed by atoms with Crippen molar-refractivity contribution in [2.75, 3.05) is 26.3 Å². The van der Waals surface area contributed by atoms with Gasteiger partial charge in [-0.25, -0.2) is 0 Å². The van der Waals surface area contributed by atoms with Crippen LogP contribution in [0, 0.1) is 0 Å². The van der Waals surface area contributed by atoms with Crippen LogP contribution in [0.4, 0.5) is 0 Å². The summed E-state index contributed by atoms with van der Waals surface area (Å²) in [6.07, 6.45) is 14.8. The quantitative estimate of drug-likeness (QED) is 0.172. The van der Waals surface area contributed by atoms with E-state index in [1.807, 2.05) is 12.1 Å². The van der Waals surface area contributed by atoms with E-state index in [0.29, 0.717) is 30.3 Å². The number of carbonyl (C=O) groups is 1. The number of hydrogen-bond acceptors (Lipinski definition) is 5. The number of Topliss-reactive ketones (excluding diaryl/α,β-unsaturated/α-hetero) is 1. The second-order valence-electron chi connectivity index (χ2n) is 11.3. The van der Waals surface area contributed by atoms with Crippen LogP contribution in [0.3, 0.4) is 0 Å². The van der Waals surface area contributed by atoms with Gasteiger partial charge in [-0.05, 0) is 124 Å². The third-order valence-electron chi connectivity index (χ3n) is 7.29. The minimum absolute atomic E-state index is 0.0415. The number of carbonyl (C=O) groups excluding carboxylic acids is 1. The van der Waals surface area contributed by atoms with E-state index in [1.54, 1.807) is 6.07 Å². The first-order valence-electron chi connectivity index (χ1n) is 14.6. The molecule has 0 spiro atoms. The van der Waals surface area contributed by atoms with Crippen molar-refractivity contribution in [1.82, 2.24) is 4.90 Å². The minimum Gasteiger partial charge on any atom is -0.486 e. The SMILES string of the molecule is CCN1CCCC1C(N)C(=O)c1ccc(OC/C=C(\C)CCC=C(C)C)c(OC/C=C(\C)CCC=C(C)C)c1. The Kier molecular flexibility index (Phi) is 14.3. The Balaban J connectivity index is 2.15. The second kappa shape index (κ2) is 17.1. The number of likely N-dealkylation sites (N-methyl/N-ethyl adjacent to an activating group) is 1. The molecule has 2 unspecified atom stereocenters. The van der Waals surface area contributed by atoms with Crippen LogP contribution < -0.4 is 15.2 Å². The van der Waals surface area contributed by atoms with Gasteiger partial charge in [0.2, 0.25) is 0 Å². The van der Waals surface area contributed by atoms with Crippen LogP contribution in [0.5, 0.6) is 11.5 Å². The number of nitrogens with zero attached hydrogens (tertiary/aromatic N) is 1. The van der Waals surface area contributed by atoms with Crippen molar-refractivity contribution in [3.8, 4) is 11.5 Å². The van der Waals surface area contributed by atoms with Gasteiger partial charge in [0.25, 0.3) is 0 Å². The molecule has 1 saturated heterocycles. The Morgan fingerprint density at radius 2 is 1.49 bits per heavy atom. The summed E-state index contributed by atoms with van der Waals surface area (Å²) in [6, 6.07) is 5.02. The molecule has 1 heterocycles. The lowest BCUT2D eigenvalue weighted by Gasteiger charge is -2.27. The zero-order valence-electron chi connectivity index (χ0n) is 25.5. The number of benzene rings is 1. The van der Waals surface area contributed by atoms with Gasteiger partial charge in [-0.15, -0.1) is 0 Å². The van der Waals surface area contributed by atoms with Crippen LogP contribution in [0.25, 0.3) is 0 Å². The van der Waals surface area contributed by atoms with Crippen molar-refractivity contribution < 1.29 is 14.3 Å². The molecule has 2 N–H and O–H groups in total. The summed E-state index contributed by atoms with van der Waals surface area (Å²) < 4.78 is 12.3. The van der Waals surface area contributed by atoms with Crippen molar-refractivity contribution in [3.05, 3.63) is 70.4 Å². The third kappa shape index (κ3) is 11.6. The highest BCUT2D eigenvalue weighted by Gasteiger charge is 2.33.